The summed E-state index contributed by atoms with van der Waals surface area (Å²) in [5.74, 6) is -0.598. The zero-order valence-corrected chi connectivity index (χ0v) is 8.14. The fourth-order valence-electron chi connectivity index (χ4n) is 0.273. The molecule has 0 aliphatic heterocycles. The summed E-state index contributed by atoms with van der Waals surface area (Å²) in [5.41, 5.74) is 0. The van der Waals surface area contributed by atoms with Gasteiger partial charge in [-0.25, -0.2) is 8.42 Å². The van der Waals surface area contributed by atoms with E-state index in [-0.39, 0.29) is 6.42 Å². The van der Waals surface area contributed by atoms with E-state index in [9.17, 15) is 13.2 Å². The molecule has 0 unspecified atom stereocenters. The highest BCUT2D eigenvalue weighted by molar-refractivity contribution is 7.89. The lowest BCUT2D eigenvalue weighted by atomic mass is 10.5. The molecule has 12 heavy (non-hydrogen) atoms. The molecule has 0 rings (SSSR count). The third kappa shape index (κ3) is 3.68. The summed E-state index contributed by atoms with van der Waals surface area (Å²) in [4.78, 5) is 16.5. The van der Waals surface area contributed by atoms with Crippen LogP contribution in [0.1, 0.15) is 27.2 Å². The average molecular weight is 195 g/mol. The Morgan fingerprint density at radius 3 is 2.33 bits per heavy atom. The van der Waals surface area contributed by atoms with Crippen LogP contribution in [0.25, 0.3) is 0 Å². The second kappa shape index (κ2) is 4.42. The van der Waals surface area contributed by atoms with Crippen molar-refractivity contribution in [3.8, 4) is 0 Å². The van der Waals surface area contributed by atoms with Crippen LogP contribution >= 0.6 is 0 Å². The molecule has 0 aromatic heterocycles. The van der Waals surface area contributed by atoms with Gasteiger partial charge in [0.05, 0.1) is 5.25 Å². The van der Waals surface area contributed by atoms with Crippen LogP contribution in [0.2, 0.25) is 0 Å². The lowest BCUT2D eigenvalue weighted by Crippen LogP contribution is -2.32. The lowest BCUT2D eigenvalue weighted by Gasteiger charge is -2.07. The number of rotatable bonds is 4. The minimum absolute atomic E-state index is 0.139. The van der Waals surface area contributed by atoms with Crippen molar-refractivity contribution in [2.24, 2.45) is 0 Å². The van der Waals surface area contributed by atoms with Gasteiger partial charge in [-0.05, 0) is 18.7 Å². The summed E-state index contributed by atoms with van der Waals surface area (Å²) in [6.45, 7) is 4.55. The quantitative estimate of drug-likeness (QED) is 0.649. The molecule has 6 heteroatoms. The van der Waals surface area contributed by atoms with Gasteiger partial charge in [-0.15, -0.1) is 0 Å². The van der Waals surface area contributed by atoms with Crippen LogP contribution in [0, 0.1) is 0 Å². The number of carbonyl (C=O) groups is 1. The molecule has 1 N–H and O–H groups in total. The normalized spacial score (nSPS) is 11.7. The largest absolute Gasteiger partial charge is 0.356 e. The first-order chi connectivity index (χ1) is 5.40. The maximum absolute atomic E-state index is 11.0. The molecule has 0 aromatic rings. The van der Waals surface area contributed by atoms with Gasteiger partial charge in [0.2, 0.25) is 10.0 Å². The van der Waals surface area contributed by atoms with Crippen LogP contribution in [0.5, 0.6) is 0 Å². The van der Waals surface area contributed by atoms with Crippen molar-refractivity contribution in [3.05, 3.63) is 0 Å². The van der Waals surface area contributed by atoms with Crippen LogP contribution in [0.3, 0.4) is 0 Å². The first-order valence-electron chi connectivity index (χ1n) is 3.60. The number of hydrogen-bond acceptors (Lipinski definition) is 4. The van der Waals surface area contributed by atoms with E-state index in [1.807, 2.05) is 0 Å². The second-order valence-electron chi connectivity index (χ2n) is 2.50. The van der Waals surface area contributed by atoms with Gasteiger partial charge in [-0.1, -0.05) is 6.92 Å². The molecule has 0 saturated carbocycles. The van der Waals surface area contributed by atoms with E-state index >= 15 is 0 Å². The summed E-state index contributed by atoms with van der Waals surface area (Å²) >= 11 is 0. The van der Waals surface area contributed by atoms with Gasteiger partial charge < -0.3 is 4.84 Å². The fraction of sp³-hybridized carbons (Fsp3) is 0.833. The van der Waals surface area contributed by atoms with E-state index in [4.69, 9.17) is 0 Å². The molecule has 5 nitrogen and oxygen atoms in total. The van der Waals surface area contributed by atoms with Crippen molar-refractivity contribution < 1.29 is 18.0 Å². The molecule has 0 atom stereocenters. The average Bonchev–Trinajstić information content (AvgIpc) is 2.00. The maximum Gasteiger partial charge on any atom is 0.325 e. The molecule has 0 spiro atoms. The van der Waals surface area contributed by atoms with E-state index in [2.05, 4.69) is 4.84 Å². The van der Waals surface area contributed by atoms with Gasteiger partial charge >= 0.3 is 5.97 Å². The zero-order chi connectivity index (χ0) is 9.78. The highest BCUT2D eigenvalue weighted by atomic mass is 32.2. The first kappa shape index (κ1) is 11.4. The van der Waals surface area contributed by atoms with Gasteiger partial charge in [0.25, 0.3) is 0 Å². The monoisotopic (exact) mass is 195 g/mol. The number of sulfonamides is 1. The molecule has 0 radical (unpaired) electrons. The fourth-order valence-corrected chi connectivity index (χ4v) is 0.674. The maximum atomic E-state index is 11.0. The van der Waals surface area contributed by atoms with Crippen molar-refractivity contribution in [3.63, 3.8) is 0 Å². The number of nitrogens with one attached hydrogen (secondary N) is 1. The highest BCUT2D eigenvalue weighted by Crippen LogP contribution is 1.95. The molecule has 0 aromatic carbocycles. The molecular formula is C6H13NO4S. The number of carbonyl (C=O) groups excluding carboxylic acids is 1. The topological polar surface area (TPSA) is 72.5 Å². The van der Waals surface area contributed by atoms with Gasteiger partial charge in [-0.3, -0.25) is 4.79 Å². The summed E-state index contributed by atoms with van der Waals surface area (Å²) in [6, 6.07) is 0. The third-order valence-corrected chi connectivity index (χ3v) is 2.74. The van der Waals surface area contributed by atoms with Crippen LogP contribution in [-0.4, -0.2) is 19.6 Å². The van der Waals surface area contributed by atoms with Crippen LogP contribution in [0.4, 0.5) is 0 Å². The van der Waals surface area contributed by atoms with Gasteiger partial charge in [0.15, 0.2) is 0 Å². The van der Waals surface area contributed by atoms with Crippen molar-refractivity contribution in [2.75, 3.05) is 0 Å². The smallest absolute Gasteiger partial charge is 0.325 e. The second-order valence-corrected chi connectivity index (χ2v) is 4.70. The van der Waals surface area contributed by atoms with E-state index in [0.29, 0.717) is 0 Å². The Morgan fingerprint density at radius 1 is 1.50 bits per heavy atom. The van der Waals surface area contributed by atoms with Crippen molar-refractivity contribution in [2.45, 2.75) is 32.4 Å². The minimum Gasteiger partial charge on any atom is -0.356 e. The Hall–Kier alpha value is -0.620. The van der Waals surface area contributed by atoms with Gasteiger partial charge in [-0.2, -0.15) is 0 Å². The summed E-state index contributed by atoms with van der Waals surface area (Å²) < 4.78 is 21.9. The van der Waals surface area contributed by atoms with E-state index < -0.39 is 21.2 Å². The molecule has 0 amide bonds. The van der Waals surface area contributed by atoms with E-state index in [1.54, 1.807) is 11.8 Å². The van der Waals surface area contributed by atoms with Gasteiger partial charge in [0, 0.05) is 6.42 Å². The summed E-state index contributed by atoms with van der Waals surface area (Å²) in [7, 11) is -3.50. The summed E-state index contributed by atoms with van der Waals surface area (Å²) in [6.07, 6.45) is 0.139. The Balaban J connectivity index is 4.02. The first-order valence-corrected chi connectivity index (χ1v) is 5.15. The van der Waals surface area contributed by atoms with Crippen LogP contribution in [-0.2, 0) is 19.7 Å². The SMILES string of the molecule is CCC(=O)ONS(=O)(=O)C(C)C. The van der Waals surface area contributed by atoms with Crippen molar-refractivity contribution >= 4 is 16.0 Å². The Morgan fingerprint density at radius 2 is 2.00 bits per heavy atom. The predicted molar refractivity (Wildman–Crippen MR) is 43.6 cm³/mol. The Kier molecular flexibility index (Phi) is 4.19. The van der Waals surface area contributed by atoms with Crippen LogP contribution < -0.4 is 4.89 Å². The molecule has 0 heterocycles. The molecule has 0 aliphatic rings. The molecular weight excluding hydrogens is 182 g/mol. The molecule has 0 aliphatic carbocycles. The Bertz CT molecular complexity index is 244. The van der Waals surface area contributed by atoms with Crippen molar-refractivity contribution in [1.82, 2.24) is 4.89 Å². The standard InChI is InChI=1S/C6H13NO4S/c1-4-6(8)11-7-12(9,10)5(2)3/h5,7H,4H2,1-3H3. The predicted octanol–water partition coefficient (Wildman–Crippen LogP) is 0.182. The van der Waals surface area contributed by atoms with Crippen LogP contribution in [0.15, 0.2) is 0 Å². The summed E-state index contributed by atoms with van der Waals surface area (Å²) in [5, 5.41) is -0.609. The molecule has 0 saturated heterocycles. The van der Waals surface area contributed by atoms with E-state index in [1.165, 1.54) is 13.8 Å². The van der Waals surface area contributed by atoms with Crippen molar-refractivity contribution in [1.29, 1.82) is 0 Å². The molecule has 0 fully saturated rings. The molecule has 72 valence electrons. The van der Waals surface area contributed by atoms with E-state index in [0.717, 1.165) is 0 Å². The molecule has 0 bridgehead atoms. The lowest BCUT2D eigenvalue weighted by molar-refractivity contribution is -0.146. The third-order valence-electron chi connectivity index (χ3n) is 1.18. The minimum atomic E-state index is -3.50. The Labute approximate surface area is 72.1 Å². The number of hydrogen-bond donors (Lipinski definition) is 1. The zero-order valence-electron chi connectivity index (χ0n) is 7.33. The highest BCUT2D eigenvalue weighted by Gasteiger charge is 2.16. The van der Waals surface area contributed by atoms with Gasteiger partial charge in [0.1, 0.15) is 0 Å².